The highest BCUT2D eigenvalue weighted by Crippen LogP contribution is 2.10. The maximum atomic E-state index is 12.4. The highest BCUT2D eigenvalue weighted by molar-refractivity contribution is 5.99. The molecule has 3 amide bonds. The third kappa shape index (κ3) is 9.65. The molecule has 0 bridgehead atoms. The van der Waals surface area contributed by atoms with E-state index >= 15 is 0 Å². The van der Waals surface area contributed by atoms with Crippen molar-refractivity contribution in [3.63, 3.8) is 0 Å². The lowest BCUT2D eigenvalue weighted by atomic mass is 10.0. The molecule has 0 aromatic rings. The minimum atomic E-state index is -1.22. The third-order valence-corrected chi connectivity index (χ3v) is 2.98. The zero-order valence-corrected chi connectivity index (χ0v) is 16.1. The van der Waals surface area contributed by atoms with Crippen molar-refractivity contribution >= 4 is 23.9 Å². The second-order valence-electron chi connectivity index (χ2n) is 7.33. The van der Waals surface area contributed by atoms with Crippen LogP contribution in [0.4, 0.5) is 4.79 Å². The summed E-state index contributed by atoms with van der Waals surface area (Å²) in [6, 6.07) is -2.08. The van der Waals surface area contributed by atoms with Gasteiger partial charge in [-0.2, -0.15) is 0 Å². The molecule has 148 valence electrons. The number of carboxylic acid groups (broad SMARTS) is 1. The van der Waals surface area contributed by atoms with Crippen molar-refractivity contribution in [3.8, 4) is 0 Å². The summed E-state index contributed by atoms with van der Waals surface area (Å²) in [6.07, 6.45) is -0.446. The molecule has 0 rings (SSSR count). The number of hydrogen-bond donors (Lipinski definition) is 4. The van der Waals surface area contributed by atoms with Crippen LogP contribution in [0.25, 0.3) is 0 Å². The summed E-state index contributed by atoms with van der Waals surface area (Å²) in [5, 5.41) is 15.7. The van der Waals surface area contributed by atoms with Crippen molar-refractivity contribution in [3.05, 3.63) is 12.3 Å². The van der Waals surface area contributed by atoms with Crippen LogP contribution in [0.3, 0.4) is 0 Å². The number of carbonyl (C=O) groups is 4. The van der Waals surface area contributed by atoms with E-state index in [0.29, 0.717) is 6.42 Å². The number of alkyl carbamates (subject to hydrolysis) is 1. The summed E-state index contributed by atoms with van der Waals surface area (Å²) in [5.41, 5.74) is -1.04. The van der Waals surface area contributed by atoms with E-state index in [2.05, 4.69) is 22.5 Å². The Hall–Kier alpha value is -2.58. The maximum Gasteiger partial charge on any atom is 0.408 e. The minimum absolute atomic E-state index is 0.0785. The van der Waals surface area contributed by atoms with Gasteiger partial charge in [0.25, 0.3) is 5.91 Å². The molecule has 0 heterocycles. The quantitative estimate of drug-likeness (QED) is 0.473. The molecule has 0 saturated carbocycles. The highest BCUT2D eigenvalue weighted by Gasteiger charge is 2.26. The molecule has 0 aliphatic rings. The van der Waals surface area contributed by atoms with E-state index < -0.39 is 41.6 Å². The predicted octanol–water partition coefficient (Wildman–Crippen LogP) is 1.15. The number of nitrogens with one attached hydrogen (secondary N) is 3. The summed E-state index contributed by atoms with van der Waals surface area (Å²) in [4.78, 5) is 46.9. The standard InChI is InChI=1S/C17H29N3O6/c1-9(2)8-12(20-16(25)26-17(5,6)7)14(22)18-10(3)13(21)19-11(4)15(23)24/h9,11-12H,3,8H2,1-2,4-7H3,(H,18,22)(H,19,21)(H,20,25)(H,23,24)/t11-,12-/m0/s1. The number of carbonyl (C=O) groups excluding carboxylic acids is 3. The van der Waals surface area contributed by atoms with Crippen molar-refractivity contribution in [2.24, 2.45) is 5.92 Å². The Morgan fingerprint density at radius 1 is 1.08 bits per heavy atom. The molecule has 0 aliphatic carbocycles. The Morgan fingerprint density at radius 2 is 1.62 bits per heavy atom. The van der Waals surface area contributed by atoms with Crippen LogP contribution < -0.4 is 16.0 Å². The molecule has 0 saturated heterocycles. The molecule has 0 radical (unpaired) electrons. The van der Waals surface area contributed by atoms with E-state index in [1.807, 2.05) is 13.8 Å². The van der Waals surface area contributed by atoms with Crippen LogP contribution in [0.15, 0.2) is 12.3 Å². The topological polar surface area (TPSA) is 134 Å². The molecule has 26 heavy (non-hydrogen) atoms. The van der Waals surface area contributed by atoms with Crippen LogP contribution >= 0.6 is 0 Å². The Labute approximate surface area is 153 Å². The van der Waals surface area contributed by atoms with Crippen molar-refractivity contribution in [2.45, 2.75) is 65.6 Å². The minimum Gasteiger partial charge on any atom is -0.480 e. The first kappa shape index (κ1) is 23.4. The number of aliphatic carboxylic acids is 1. The van der Waals surface area contributed by atoms with Crippen LogP contribution in [-0.2, 0) is 19.1 Å². The smallest absolute Gasteiger partial charge is 0.408 e. The number of amides is 3. The van der Waals surface area contributed by atoms with Crippen molar-refractivity contribution in [1.82, 2.24) is 16.0 Å². The van der Waals surface area contributed by atoms with Gasteiger partial charge >= 0.3 is 12.1 Å². The average Bonchev–Trinajstić information content (AvgIpc) is 2.43. The van der Waals surface area contributed by atoms with Crippen LogP contribution in [0.5, 0.6) is 0 Å². The first-order valence-corrected chi connectivity index (χ1v) is 8.26. The van der Waals surface area contributed by atoms with Gasteiger partial charge in [0.2, 0.25) is 5.91 Å². The molecule has 9 heteroatoms. The van der Waals surface area contributed by atoms with E-state index in [9.17, 15) is 19.2 Å². The molecular formula is C17H29N3O6. The zero-order chi connectivity index (χ0) is 20.7. The third-order valence-electron chi connectivity index (χ3n) is 2.98. The fraction of sp³-hybridized carbons (Fsp3) is 0.647. The van der Waals surface area contributed by atoms with E-state index in [4.69, 9.17) is 9.84 Å². The van der Waals surface area contributed by atoms with Gasteiger partial charge in [-0.05, 0) is 40.0 Å². The lowest BCUT2D eigenvalue weighted by Gasteiger charge is -2.24. The van der Waals surface area contributed by atoms with Gasteiger partial charge in [-0.3, -0.25) is 14.4 Å². The number of rotatable bonds is 8. The van der Waals surface area contributed by atoms with Gasteiger partial charge < -0.3 is 25.8 Å². The number of ether oxygens (including phenoxy) is 1. The van der Waals surface area contributed by atoms with E-state index in [1.165, 1.54) is 6.92 Å². The molecule has 0 fully saturated rings. The Kier molecular flexibility index (Phi) is 8.82. The Balaban J connectivity index is 4.92. The van der Waals surface area contributed by atoms with Crippen LogP contribution in [0, 0.1) is 5.92 Å². The summed E-state index contributed by atoms with van der Waals surface area (Å²) < 4.78 is 5.13. The van der Waals surface area contributed by atoms with Crippen molar-refractivity contribution in [2.75, 3.05) is 0 Å². The molecule has 0 aromatic heterocycles. The van der Waals surface area contributed by atoms with Gasteiger partial charge in [0, 0.05) is 0 Å². The molecule has 0 aliphatic heterocycles. The molecular weight excluding hydrogens is 342 g/mol. The monoisotopic (exact) mass is 371 g/mol. The van der Waals surface area contributed by atoms with E-state index in [0.717, 1.165) is 0 Å². The van der Waals surface area contributed by atoms with Gasteiger partial charge in [0.05, 0.1) is 5.70 Å². The highest BCUT2D eigenvalue weighted by atomic mass is 16.6. The lowest BCUT2D eigenvalue weighted by Crippen LogP contribution is -2.50. The summed E-state index contributed by atoms with van der Waals surface area (Å²) in [7, 11) is 0. The number of carboxylic acids is 1. The summed E-state index contributed by atoms with van der Waals surface area (Å²) >= 11 is 0. The Bertz CT molecular complexity index is 565. The second-order valence-corrected chi connectivity index (χ2v) is 7.33. The lowest BCUT2D eigenvalue weighted by molar-refractivity contribution is -0.140. The van der Waals surface area contributed by atoms with E-state index in [1.54, 1.807) is 20.8 Å². The average molecular weight is 371 g/mol. The van der Waals surface area contributed by atoms with Gasteiger partial charge in [0.1, 0.15) is 17.7 Å². The predicted molar refractivity (Wildman–Crippen MR) is 95.1 cm³/mol. The van der Waals surface area contributed by atoms with Crippen LogP contribution in [0.2, 0.25) is 0 Å². The fourth-order valence-corrected chi connectivity index (χ4v) is 1.79. The van der Waals surface area contributed by atoms with Gasteiger partial charge in [-0.25, -0.2) is 4.79 Å². The summed E-state index contributed by atoms with van der Waals surface area (Å²) in [6.45, 7) is 13.5. The number of hydrogen-bond acceptors (Lipinski definition) is 5. The molecule has 0 spiro atoms. The largest absolute Gasteiger partial charge is 0.480 e. The van der Waals surface area contributed by atoms with Crippen molar-refractivity contribution < 1.29 is 29.0 Å². The molecule has 0 aromatic carbocycles. The molecule has 4 N–H and O–H groups in total. The van der Waals surface area contributed by atoms with Crippen molar-refractivity contribution in [1.29, 1.82) is 0 Å². The molecule has 0 unspecified atom stereocenters. The fourth-order valence-electron chi connectivity index (χ4n) is 1.79. The molecule has 2 atom stereocenters. The van der Waals surface area contributed by atoms with Gasteiger partial charge in [0.15, 0.2) is 0 Å². The van der Waals surface area contributed by atoms with Crippen LogP contribution in [-0.4, -0.2) is 46.7 Å². The second kappa shape index (κ2) is 9.79. The maximum absolute atomic E-state index is 12.4. The Morgan fingerprint density at radius 3 is 2.04 bits per heavy atom. The normalized spacial score (nSPS) is 13.3. The van der Waals surface area contributed by atoms with Gasteiger partial charge in [-0.1, -0.05) is 20.4 Å². The SMILES string of the molecule is C=C(NC(=O)[C@H](CC(C)C)NC(=O)OC(C)(C)C)C(=O)N[C@@H](C)C(=O)O. The molecule has 9 nitrogen and oxygen atoms in total. The summed E-state index contributed by atoms with van der Waals surface area (Å²) in [5.74, 6) is -2.61. The van der Waals surface area contributed by atoms with Gasteiger partial charge in [-0.15, -0.1) is 0 Å². The van der Waals surface area contributed by atoms with Crippen LogP contribution in [0.1, 0.15) is 48.0 Å². The first-order chi connectivity index (χ1) is 11.7. The van der Waals surface area contributed by atoms with E-state index in [-0.39, 0.29) is 11.6 Å². The zero-order valence-electron chi connectivity index (χ0n) is 16.1. The first-order valence-electron chi connectivity index (χ1n) is 8.26.